The van der Waals surface area contributed by atoms with Gasteiger partial charge >= 0.3 is 10.1 Å². The summed E-state index contributed by atoms with van der Waals surface area (Å²) in [7, 11) is -7.80. The van der Waals surface area contributed by atoms with Crippen molar-refractivity contribution in [2.75, 3.05) is 11.5 Å². The summed E-state index contributed by atoms with van der Waals surface area (Å²) < 4.78 is 57.8. The zero-order valence-electron chi connectivity index (χ0n) is 12.1. The number of non-ortho nitro benzene ring substituents is 1. The van der Waals surface area contributed by atoms with Crippen LogP contribution in [-0.4, -0.2) is 37.8 Å². The Balaban J connectivity index is 2.37. The molecule has 0 amide bonds. The Bertz CT molecular complexity index is 725. The minimum Gasteiger partial charge on any atom is -0.382 e. The molecule has 0 heterocycles. The summed E-state index contributed by atoms with van der Waals surface area (Å²) in [5, 5.41) is 10.5. The highest BCUT2D eigenvalue weighted by Gasteiger charge is 2.14. The van der Waals surface area contributed by atoms with E-state index in [2.05, 4.69) is 0 Å². The van der Waals surface area contributed by atoms with Gasteiger partial charge in [-0.15, -0.1) is 0 Å². The first kappa shape index (κ1) is 19.3. The van der Waals surface area contributed by atoms with Crippen molar-refractivity contribution in [3.05, 3.63) is 34.4 Å². The number of unbranched alkanes of at least 4 members (excludes halogenated alkanes) is 3. The van der Waals surface area contributed by atoms with Crippen molar-refractivity contribution in [2.24, 2.45) is 0 Å². The molecule has 1 aromatic carbocycles. The molecule has 0 aliphatic heterocycles. The summed E-state index contributed by atoms with van der Waals surface area (Å²) in [6.07, 6.45) is 1.47. The van der Waals surface area contributed by atoms with E-state index in [4.69, 9.17) is 8.74 Å². The Labute approximate surface area is 134 Å². The van der Waals surface area contributed by atoms with Crippen LogP contribution in [0.2, 0.25) is 0 Å². The zero-order valence-corrected chi connectivity index (χ0v) is 13.8. The normalized spacial score (nSPS) is 12.0. The number of nitrogens with zero attached hydrogens (tertiary/aromatic N) is 1. The molecule has 1 aromatic rings. The summed E-state index contributed by atoms with van der Waals surface area (Å²) in [5.41, 5.74) is -0.173. The molecule has 0 aliphatic carbocycles. The molecule has 0 spiro atoms. The molecule has 0 fully saturated rings. The van der Waals surface area contributed by atoms with E-state index in [9.17, 15) is 26.9 Å². The van der Waals surface area contributed by atoms with Gasteiger partial charge in [0.05, 0.1) is 16.4 Å². The molecule has 0 unspecified atom stereocenters. The lowest BCUT2D eigenvalue weighted by Gasteiger charge is -2.06. The predicted octanol–water partition coefficient (Wildman–Crippen LogP) is 1.75. The largest absolute Gasteiger partial charge is 0.382 e. The Morgan fingerprint density at radius 1 is 0.957 bits per heavy atom. The second-order valence-electron chi connectivity index (χ2n) is 4.80. The second kappa shape index (κ2) is 8.22. The third-order valence-electron chi connectivity index (χ3n) is 2.82. The van der Waals surface area contributed by atoms with Crippen molar-refractivity contribution >= 4 is 25.9 Å². The molecule has 11 heteroatoms. The summed E-state index contributed by atoms with van der Waals surface area (Å²) >= 11 is 0. The highest BCUT2D eigenvalue weighted by atomic mass is 32.2. The first-order valence-electron chi connectivity index (χ1n) is 6.71. The number of nitro groups is 1. The van der Waals surface area contributed by atoms with Crippen LogP contribution in [0, 0.1) is 10.1 Å². The van der Waals surface area contributed by atoms with E-state index in [1.54, 1.807) is 0 Å². The molecule has 0 saturated heterocycles. The third-order valence-corrected chi connectivity index (χ3v) is 4.86. The maximum atomic E-state index is 11.7. The molecule has 9 nitrogen and oxygen atoms in total. The molecule has 0 atom stereocenters. The van der Waals surface area contributed by atoms with Crippen LogP contribution >= 0.6 is 0 Å². The molecule has 1 rings (SSSR count). The monoisotopic (exact) mass is 367 g/mol. The van der Waals surface area contributed by atoms with Gasteiger partial charge in [-0.05, 0) is 25.0 Å². The molecule has 1 N–H and O–H groups in total. The van der Waals surface area contributed by atoms with E-state index in [-0.39, 0.29) is 35.8 Å². The van der Waals surface area contributed by atoms with Gasteiger partial charge in [0.15, 0.2) is 0 Å². The van der Waals surface area contributed by atoms with Gasteiger partial charge in [0.25, 0.3) is 15.8 Å². The number of nitro benzene ring substituents is 1. The molecule has 0 aliphatic rings. The molecule has 0 aromatic heterocycles. The molecule has 0 bridgehead atoms. The fourth-order valence-corrected chi connectivity index (χ4v) is 3.34. The van der Waals surface area contributed by atoms with Crippen LogP contribution in [-0.2, 0) is 20.2 Å². The van der Waals surface area contributed by atoms with Gasteiger partial charge in [-0.25, -0.2) is 0 Å². The van der Waals surface area contributed by atoms with E-state index in [1.807, 2.05) is 0 Å². The molecule has 23 heavy (non-hydrogen) atoms. The van der Waals surface area contributed by atoms with Crippen molar-refractivity contribution in [1.82, 2.24) is 0 Å². The maximum absolute atomic E-state index is 11.7. The predicted molar refractivity (Wildman–Crippen MR) is 82.4 cm³/mol. The SMILES string of the molecule is O=[N+]([O-])c1ccc(OS(=O)(=O)CCCCCCS(=O)(=O)O)cc1. The lowest BCUT2D eigenvalue weighted by atomic mass is 10.2. The summed E-state index contributed by atoms with van der Waals surface area (Å²) in [6, 6.07) is 4.67. The van der Waals surface area contributed by atoms with E-state index < -0.39 is 25.2 Å². The topological polar surface area (TPSA) is 141 Å². The van der Waals surface area contributed by atoms with Crippen LogP contribution in [0.15, 0.2) is 24.3 Å². The fourth-order valence-electron chi connectivity index (χ4n) is 1.73. The van der Waals surface area contributed by atoms with Gasteiger partial charge in [-0.1, -0.05) is 12.8 Å². The van der Waals surface area contributed by atoms with Crippen LogP contribution in [0.4, 0.5) is 5.69 Å². The molecule has 130 valence electrons. The highest BCUT2D eigenvalue weighted by Crippen LogP contribution is 2.19. The Kier molecular flexibility index (Phi) is 6.91. The molecular weight excluding hydrogens is 350 g/mol. The second-order valence-corrected chi connectivity index (χ2v) is 8.06. The highest BCUT2D eigenvalue weighted by molar-refractivity contribution is 7.87. The van der Waals surface area contributed by atoms with Crippen LogP contribution in [0.1, 0.15) is 25.7 Å². The van der Waals surface area contributed by atoms with E-state index >= 15 is 0 Å². The minimum atomic E-state index is -3.98. The Morgan fingerprint density at radius 3 is 1.96 bits per heavy atom. The maximum Gasteiger partial charge on any atom is 0.309 e. The average molecular weight is 367 g/mol. The van der Waals surface area contributed by atoms with Crippen LogP contribution in [0.3, 0.4) is 0 Å². The number of hydrogen-bond acceptors (Lipinski definition) is 7. The van der Waals surface area contributed by atoms with Gasteiger partial charge in [0.2, 0.25) is 0 Å². The third kappa shape index (κ3) is 8.47. The lowest BCUT2D eigenvalue weighted by Crippen LogP contribution is -2.14. The Morgan fingerprint density at radius 2 is 1.48 bits per heavy atom. The number of hydrogen-bond donors (Lipinski definition) is 1. The van der Waals surface area contributed by atoms with Gasteiger partial charge < -0.3 is 4.18 Å². The van der Waals surface area contributed by atoms with E-state index in [1.165, 1.54) is 12.1 Å². The fraction of sp³-hybridized carbons (Fsp3) is 0.500. The van der Waals surface area contributed by atoms with Crippen molar-refractivity contribution in [2.45, 2.75) is 25.7 Å². The first-order valence-corrected chi connectivity index (χ1v) is 9.89. The van der Waals surface area contributed by atoms with Gasteiger partial charge in [0.1, 0.15) is 5.75 Å². The van der Waals surface area contributed by atoms with Gasteiger partial charge in [-0.2, -0.15) is 16.8 Å². The number of benzene rings is 1. The van der Waals surface area contributed by atoms with Gasteiger partial charge in [0, 0.05) is 12.1 Å². The van der Waals surface area contributed by atoms with Crippen molar-refractivity contribution in [3.63, 3.8) is 0 Å². The molecular formula is C12H17NO8S2. The van der Waals surface area contributed by atoms with Crippen LogP contribution in [0.5, 0.6) is 5.75 Å². The summed E-state index contributed by atoms with van der Waals surface area (Å²) in [4.78, 5) is 9.87. The lowest BCUT2D eigenvalue weighted by molar-refractivity contribution is -0.384. The zero-order chi connectivity index (χ0) is 17.5. The smallest absolute Gasteiger partial charge is 0.309 e. The summed E-state index contributed by atoms with van der Waals surface area (Å²) in [6.45, 7) is 0. The minimum absolute atomic E-state index is 0.0121. The van der Waals surface area contributed by atoms with Crippen LogP contribution < -0.4 is 4.18 Å². The van der Waals surface area contributed by atoms with Crippen LogP contribution in [0.25, 0.3) is 0 Å². The molecule has 0 saturated carbocycles. The standard InChI is InChI=1S/C12H17NO8S2/c14-13(15)11-5-7-12(8-6-11)21-23(19,20)10-4-2-1-3-9-22(16,17)18/h5-8H,1-4,9-10H2,(H,16,17,18). The van der Waals surface area contributed by atoms with Crippen molar-refractivity contribution < 1.29 is 30.5 Å². The first-order chi connectivity index (χ1) is 10.6. The van der Waals surface area contributed by atoms with E-state index in [0.717, 1.165) is 12.1 Å². The van der Waals surface area contributed by atoms with Crippen molar-refractivity contribution in [1.29, 1.82) is 0 Å². The quantitative estimate of drug-likeness (QED) is 0.217. The number of rotatable bonds is 10. The van der Waals surface area contributed by atoms with Crippen molar-refractivity contribution in [3.8, 4) is 5.75 Å². The average Bonchev–Trinajstić information content (AvgIpc) is 2.41. The Hall–Kier alpha value is -1.72. The van der Waals surface area contributed by atoms with E-state index in [0.29, 0.717) is 12.8 Å². The summed E-state index contributed by atoms with van der Waals surface area (Å²) in [5.74, 6) is -0.614. The van der Waals surface area contributed by atoms with Gasteiger partial charge in [-0.3, -0.25) is 14.7 Å². The molecule has 0 radical (unpaired) electrons.